The normalized spacial score (nSPS) is 18.2. The van der Waals surface area contributed by atoms with Gasteiger partial charge in [-0.15, -0.1) is 0 Å². The zero-order valence-corrected chi connectivity index (χ0v) is 15.6. The first-order chi connectivity index (χ1) is 11.8. The molecule has 1 fully saturated rings. The van der Waals surface area contributed by atoms with E-state index in [0.717, 1.165) is 25.9 Å². The molecule has 1 unspecified atom stereocenters. The molecule has 1 heterocycles. The van der Waals surface area contributed by atoms with Crippen LogP contribution in [0.3, 0.4) is 0 Å². The summed E-state index contributed by atoms with van der Waals surface area (Å²) in [5.41, 5.74) is -0.541. The van der Waals surface area contributed by atoms with E-state index in [1.54, 1.807) is 20.8 Å². The van der Waals surface area contributed by atoms with Gasteiger partial charge in [-0.05, 0) is 40.0 Å². The van der Waals surface area contributed by atoms with Crippen molar-refractivity contribution < 1.29 is 28.9 Å². The molecule has 0 aromatic rings. The second kappa shape index (κ2) is 11.3. The highest BCUT2D eigenvalue weighted by molar-refractivity contribution is 5.67. The highest BCUT2D eigenvalue weighted by Crippen LogP contribution is 2.13. The average molecular weight is 360 g/mol. The summed E-state index contributed by atoms with van der Waals surface area (Å²) in [6.07, 6.45) is 2.49. The molecule has 1 saturated heterocycles. The summed E-state index contributed by atoms with van der Waals surface area (Å²) < 4.78 is 16.4. The van der Waals surface area contributed by atoms with E-state index in [0.29, 0.717) is 32.8 Å². The van der Waals surface area contributed by atoms with Gasteiger partial charge in [0, 0.05) is 32.8 Å². The van der Waals surface area contributed by atoms with Crippen LogP contribution in [0.1, 0.15) is 46.5 Å². The molecule has 0 bridgehead atoms. The maximum atomic E-state index is 11.6. The molecule has 25 heavy (non-hydrogen) atoms. The molecule has 0 aromatic heterocycles. The van der Waals surface area contributed by atoms with Crippen LogP contribution in [0.2, 0.25) is 0 Å². The van der Waals surface area contributed by atoms with Gasteiger partial charge in [0.05, 0.1) is 13.0 Å². The summed E-state index contributed by atoms with van der Waals surface area (Å²) in [4.78, 5) is 24.4. The van der Waals surface area contributed by atoms with Crippen molar-refractivity contribution in [3.8, 4) is 0 Å². The maximum absolute atomic E-state index is 11.6. The molecule has 0 aliphatic carbocycles. The molecule has 0 aromatic carbocycles. The number of carbonyl (C=O) groups excluding carboxylic acids is 1. The maximum Gasteiger partial charge on any atom is 0.407 e. The number of alkyl carbamates (subject to hydrolysis) is 1. The Labute approximate surface area is 149 Å². The van der Waals surface area contributed by atoms with E-state index in [1.807, 2.05) is 4.90 Å². The average Bonchev–Trinajstić information content (AvgIpc) is 2.51. The third kappa shape index (κ3) is 11.7. The Kier molecular flexibility index (Phi) is 9.77. The lowest BCUT2D eigenvalue weighted by Crippen LogP contribution is -2.40. The molecular formula is C17H32N2O6. The number of amides is 1. The smallest absolute Gasteiger partial charge is 0.407 e. The van der Waals surface area contributed by atoms with Gasteiger partial charge >= 0.3 is 12.1 Å². The fourth-order valence-electron chi connectivity index (χ4n) is 2.38. The number of hydrogen-bond acceptors (Lipinski definition) is 6. The lowest BCUT2D eigenvalue weighted by Gasteiger charge is -2.26. The van der Waals surface area contributed by atoms with E-state index >= 15 is 0 Å². The second-order valence-corrected chi connectivity index (χ2v) is 7.08. The Balaban J connectivity index is 2.28. The van der Waals surface area contributed by atoms with Crippen molar-refractivity contribution in [3.63, 3.8) is 0 Å². The van der Waals surface area contributed by atoms with Crippen molar-refractivity contribution in [1.82, 2.24) is 10.2 Å². The molecule has 2 N–H and O–H groups in total. The number of ether oxygens (including phenoxy) is 3. The third-order valence-corrected chi connectivity index (χ3v) is 3.59. The summed E-state index contributed by atoms with van der Waals surface area (Å²) in [5, 5.41) is 11.5. The number of carboxylic acids is 1. The SMILES string of the molecule is CC(C)(C)OC(=O)NCCN(CCOC1CCCCO1)CCC(=O)O. The molecule has 8 nitrogen and oxygen atoms in total. The van der Waals surface area contributed by atoms with Crippen molar-refractivity contribution in [1.29, 1.82) is 0 Å². The van der Waals surface area contributed by atoms with Crippen LogP contribution in [0.15, 0.2) is 0 Å². The molecule has 0 saturated carbocycles. The molecule has 1 rings (SSSR count). The van der Waals surface area contributed by atoms with Gasteiger partial charge in [-0.25, -0.2) is 4.79 Å². The van der Waals surface area contributed by atoms with Crippen molar-refractivity contribution in [2.24, 2.45) is 0 Å². The first-order valence-electron chi connectivity index (χ1n) is 8.90. The lowest BCUT2D eigenvalue weighted by atomic mass is 10.2. The van der Waals surface area contributed by atoms with Crippen LogP contribution >= 0.6 is 0 Å². The zero-order valence-electron chi connectivity index (χ0n) is 15.6. The minimum atomic E-state index is -0.846. The Morgan fingerprint density at radius 2 is 2.00 bits per heavy atom. The number of aliphatic carboxylic acids is 1. The van der Waals surface area contributed by atoms with E-state index in [1.165, 1.54) is 0 Å². The second-order valence-electron chi connectivity index (χ2n) is 7.08. The minimum absolute atomic E-state index is 0.0480. The summed E-state index contributed by atoms with van der Waals surface area (Å²) in [6, 6.07) is 0. The van der Waals surface area contributed by atoms with Crippen LogP contribution < -0.4 is 5.32 Å². The Morgan fingerprint density at radius 3 is 2.60 bits per heavy atom. The summed E-state index contributed by atoms with van der Waals surface area (Å²) in [5.74, 6) is -0.846. The number of nitrogens with zero attached hydrogens (tertiary/aromatic N) is 1. The number of rotatable bonds is 10. The molecule has 0 radical (unpaired) electrons. The van der Waals surface area contributed by atoms with Gasteiger partial charge in [0.1, 0.15) is 5.60 Å². The highest BCUT2D eigenvalue weighted by Gasteiger charge is 2.17. The number of hydrogen-bond donors (Lipinski definition) is 2. The van der Waals surface area contributed by atoms with Crippen LogP contribution in [-0.4, -0.2) is 73.4 Å². The van der Waals surface area contributed by atoms with E-state index < -0.39 is 17.7 Å². The Morgan fingerprint density at radius 1 is 1.24 bits per heavy atom. The fraction of sp³-hybridized carbons (Fsp3) is 0.882. The van der Waals surface area contributed by atoms with E-state index in [9.17, 15) is 9.59 Å². The Hall–Kier alpha value is -1.38. The van der Waals surface area contributed by atoms with Crippen LogP contribution in [-0.2, 0) is 19.0 Å². The summed E-state index contributed by atoms with van der Waals surface area (Å²) in [6.45, 7) is 8.51. The van der Waals surface area contributed by atoms with Gasteiger partial charge in [0.25, 0.3) is 0 Å². The standard InChI is InChI=1S/C17H32N2O6/c1-17(2,3)25-16(22)18-8-10-19(9-7-14(20)21)11-13-24-15-6-4-5-12-23-15/h15H,4-13H2,1-3H3,(H,18,22)(H,20,21). The van der Waals surface area contributed by atoms with E-state index in [4.69, 9.17) is 19.3 Å². The van der Waals surface area contributed by atoms with Crippen LogP contribution in [0, 0.1) is 0 Å². The monoisotopic (exact) mass is 360 g/mol. The van der Waals surface area contributed by atoms with Gasteiger partial charge < -0.3 is 24.6 Å². The molecule has 0 spiro atoms. The van der Waals surface area contributed by atoms with Gasteiger partial charge in [0.2, 0.25) is 0 Å². The highest BCUT2D eigenvalue weighted by atomic mass is 16.7. The zero-order chi connectivity index (χ0) is 18.7. The van der Waals surface area contributed by atoms with Crippen molar-refractivity contribution in [2.45, 2.75) is 58.3 Å². The Bertz CT molecular complexity index is 404. The number of carboxylic acid groups (broad SMARTS) is 1. The molecule has 1 amide bonds. The summed E-state index contributed by atoms with van der Waals surface area (Å²) >= 11 is 0. The van der Waals surface area contributed by atoms with Crippen molar-refractivity contribution >= 4 is 12.1 Å². The molecule has 1 aliphatic rings. The van der Waals surface area contributed by atoms with Crippen LogP contribution in [0.4, 0.5) is 4.79 Å². The first kappa shape index (κ1) is 21.7. The predicted molar refractivity (Wildman–Crippen MR) is 92.5 cm³/mol. The van der Waals surface area contributed by atoms with E-state index in [2.05, 4.69) is 5.32 Å². The lowest BCUT2D eigenvalue weighted by molar-refractivity contribution is -0.164. The van der Waals surface area contributed by atoms with E-state index in [-0.39, 0.29) is 12.7 Å². The minimum Gasteiger partial charge on any atom is -0.481 e. The molecule has 1 aliphatic heterocycles. The van der Waals surface area contributed by atoms with Gasteiger partial charge in [-0.2, -0.15) is 0 Å². The van der Waals surface area contributed by atoms with Crippen molar-refractivity contribution in [3.05, 3.63) is 0 Å². The largest absolute Gasteiger partial charge is 0.481 e. The molecular weight excluding hydrogens is 328 g/mol. The predicted octanol–water partition coefficient (Wildman–Crippen LogP) is 1.83. The number of carbonyl (C=O) groups is 2. The molecule has 8 heteroatoms. The van der Waals surface area contributed by atoms with Gasteiger partial charge in [-0.3, -0.25) is 9.69 Å². The number of nitrogens with one attached hydrogen (secondary N) is 1. The first-order valence-corrected chi connectivity index (χ1v) is 8.90. The topological polar surface area (TPSA) is 97.3 Å². The van der Waals surface area contributed by atoms with Crippen molar-refractivity contribution in [2.75, 3.05) is 39.4 Å². The molecule has 1 atom stereocenters. The quantitative estimate of drug-likeness (QED) is 0.613. The third-order valence-electron chi connectivity index (χ3n) is 3.59. The van der Waals surface area contributed by atoms with Crippen LogP contribution in [0.25, 0.3) is 0 Å². The molecule has 146 valence electrons. The van der Waals surface area contributed by atoms with Gasteiger partial charge in [0.15, 0.2) is 6.29 Å². The van der Waals surface area contributed by atoms with Gasteiger partial charge in [-0.1, -0.05) is 0 Å². The summed E-state index contributed by atoms with van der Waals surface area (Å²) in [7, 11) is 0. The fourth-order valence-corrected chi connectivity index (χ4v) is 2.38. The van der Waals surface area contributed by atoms with Crippen LogP contribution in [0.5, 0.6) is 0 Å².